The van der Waals surface area contributed by atoms with Gasteiger partial charge in [0.2, 0.25) is 0 Å². The average Bonchev–Trinajstić information content (AvgIpc) is 2.71. The molecule has 0 atom stereocenters. The van der Waals surface area contributed by atoms with Crippen LogP contribution in [0.5, 0.6) is 0 Å². The molecule has 0 amide bonds. The molecule has 0 bridgehead atoms. The van der Waals surface area contributed by atoms with Crippen LogP contribution in [0.1, 0.15) is 12.2 Å². The molecule has 0 unspecified atom stereocenters. The second-order valence-corrected chi connectivity index (χ2v) is 4.91. The van der Waals surface area contributed by atoms with Crippen LogP contribution in [0.3, 0.4) is 0 Å². The van der Waals surface area contributed by atoms with E-state index in [-0.39, 0.29) is 6.61 Å². The van der Waals surface area contributed by atoms with Crippen molar-refractivity contribution < 1.29 is 5.11 Å². The van der Waals surface area contributed by atoms with Gasteiger partial charge in [-0.1, -0.05) is 23.2 Å². The fraction of sp³-hybridized carbons (Fsp3) is 0.273. The molecule has 18 heavy (non-hydrogen) atoms. The largest absolute Gasteiger partial charge is 0.396 e. The van der Waals surface area contributed by atoms with E-state index < -0.39 is 0 Å². The SMILES string of the molecule is OCCCc1n[nH]c(=S)n1-c1ccc(Cl)c(Cl)c1. The van der Waals surface area contributed by atoms with E-state index in [0.29, 0.717) is 27.7 Å². The molecule has 0 radical (unpaired) electrons. The zero-order valence-electron chi connectivity index (χ0n) is 9.36. The zero-order valence-corrected chi connectivity index (χ0v) is 11.7. The Balaban J connectivity index is 2.45. The zero-order chi connectivity index (χ0) is 13.1. The van der Waals surface area contributed by atoms with Crippen LogP contribution in [0.4, 0.5) is 0 Å². The van der Waals surface area contributed by atoms with Crippen molar-refractivity contribution in [3.8, 4) is 5.69 Å². The minimum Gasteiger partial charge on any atom is -0.396 e. The van der Waals surface area contributed by atoms with Gasteiger partial charge >= 0.3 is 0 Å². The number of benzene rings is 1. The molecule has 0 aliphatic carbocycles. The van der Waals surface area contributed by atoms with E-state index in [4.69, 9.17) is 40.5 Å². The standard InChI is InChI=1S/C11H11Cl2N3OS/c12-8-4-3-7(6-9(8)13)16-10(2-1-5-17)14-15-11(16)18/h3-4,6,17H,1-2,5H2,(H,15,18). The topological polar surface area (TPSA) is 53.8 Å². The first-order valence-electron chi connectivity index (χ1n) is 5.36. The van der Waals surface area contributed by atoms with Crippen LogP contribution in [0, 0.1) is 4.77 Å². The number of aromatic amines is 1. The van der Waals surface area contributed by atoms with E-state index in [9.17, 15) is 0 Å². The predicted molar refractivity (Wildman–Crippen MR) is 74.2 cm³/mol. The van der Waals surface area contributed by atoms with Crippen molar-refractivity contribution in [3.05, 3.63) is 38.8 Å². The molecular formula is C11H11Cl2N3OS. The van der Waals surface area contributed by atoms with E-state index >= 15 is 0 Å². The van der Waals surface area contributed by atoms with Crippen molar-refractivity contribution in [3.63, 3.8) is 0 Å². The Bertz CT molecular complexity index is 609. The quantitative estimate of drug-likeness (QED) is 0.853. The van der Waals surface area contributed by atoms with Gasteiger partial charge in [0.05, 0.1) is 15.7 Å². The molecule has 1 aromatic heterocycles. The molecule has 0 aliphatic rings. The Morgan fingerprint density at radius 3 is 2.78 bits per heavy atom. The van der Waals surface area contributed by atoms with Crippen LogP contribution in [-0.4, -0.2) is 26.5 Å². The summed E-state index contributed by atoms with van der Waals surface area (Å²) in [4.78, 5) is 0. The van der Waals surface area contributed by atoms with Crippen LogP contribution >= 0.6 is 35.4 Å². The number of nitrogens with zero attached hydrogens (tertiary/aromatic N) is 2. The molecular weight excluding hydrogens is 293 g/mol. The van der Waals surface area contributed by atoms with Gasteiger partial charge in [-0.05, 0) is 36.8 Å². The second-order valence-electron chi connectivity index (χ2n) is 3.71. The van der Waals surface area contributed by atoms with Crippen molar-refractivity contribution in [2.45, 2.75) is 12.8 Å². The van der Waals surface area contributed by atoms with E-state index in [1.165, 1.54) is 0 Å². The maximum Gasteiger partial charge on any atom is 0.199 e. The average molecular weight is 304 g/mol. The van der Waals surface area contributed by atoms with Crippen LogP contribution in [0.15, 0.2) is 18.2 Å². The highest BCUT2D eigenvalue weighted by molar-refractivity contribution is 7.71. The van der Waals surface area contributed by atoms with Gasteiger partial charge in [0, 0.05) is 13.0 Å². The fourth-order valence-electron chi connectivity index (χ4n) is 1.62. The van der Waals surface area contributed by atoms with Crippen LogP contribution in [-0.2, 0) is 6.42 Å². The van der Waals surface area contributed by atoms with E-state index in [0.717, 1.165) is 11.5 Å². The number of nitrogens with one attached hydrogen (secondary N) is 1. The first-order valence-corrected chi connectivity index (χ1v) is 6.52. The smallest absolute Gasteiger partial charge is 0.199 e. The summed E-state index contributed by atoms with van der Waals surface area (Å²) >= 11 is 17.1. The third-order valence-electron chi connectivity index (χ3n) is 2.46. The van der Waals surface area contributed by atoms with Crippen LogP contribution in [0.2, 0.25) is 10.0 Å². The lowest BCUT2D eigenvalue weighted by atomic mass is 10.2. The summed E-state index contributed by atoms with van der Waals surface area (Å²) in [6.45, 7) is 0.112. The summed E-state index contributed by atoms with van der Waals surface area (Å²) in [5.41, 5.74) is 0.802. The van der Waals surface area contributed by atoms with E-state index in [1.54, 1.807) is 16.7 Å². The summed E-state index contributed by atoms with van der Waals surface area (Å²) in [5.74, 6) is 0.757. The number of H-pyrrole nitrogens is 1. The van der Waals surface area contributed by atoms with Gasteiger partial charge in [-0.15, -0.1) is 0 Å². The minimum atomic E-state index is 0.112. The number of aliphatic hydroxyl groups is 1. The normalized spacial score (nSPS) is 10.8. The molecule has 2 rings (SSSR count). The van der Waals surface area contributed by atoms with Gasteiger partial charge in [-0.2, -0.15) is 5.10 Å². The highest BCUT2D eigenvalue weighted by atomic mass is 35.5. The molecule has 1 aromatic carbocycles. The number of hydrogen-bond donors (Lipinski definition) is 2. The monoisotopic (exact) mass is 303 g/mol. The fourth-order valence-corrected chi connectivity index (χ4v) is 2.17. The minimum absolute atomic E-state index is 0.112. The van der Waals surface area contributed by atoms with Gasteiger partial charge in [0.25, 0.3) is 0 Å². The molecule has 4 nitrogen and oxygen atoms in total. The molecule has 7 heteroatoms. The van der Waals surface area contributed by atoms with Crippen molar-refractivity contribution in [1.29, 1.82) is 0 Å². The number of halogens is 2. The van der Waals surface area contributed by atoms with Crippen molar-refractivity contribution >= 4 is 35.4 Å². The lowest BCUT2D eigenvalue weighted by Crippen LogP contribution is -2.02. The molecule has 0 aliphatic heterocycles. The van der Waals surface area contributed by atoms with Crippen molar-refractivity contribution in [1.82, 2.24) is 14.8 Å². The third kappa shape index (κ3) is 2.75. The molecule has 0 spiro atoms. The highest BCUT2D eigenvalue weighted by Crippen LogP contribution is 2.25. The molecule has 1 heterocycles. The van der Waals surface area contributed by atoms with Gasteiger partial charge in [-0.3, -0.25) is 9.67 Å². The van der Waals surface area contributed by atoms with Crippen LogP contribution in [0.25, 0.3) is 5.69 Å². The summed E-state index contributed by atoms with van der Waals surface area (Å²) < 4.78 is 2.27. The summed E-state index contributed by atoms with van der Waals surface area (Å²) in [5, 5.41) is 16.7. The Morgan fingerprint density at radius 2 is 2.11 bits per heavy atom. The Hall–Kier alpha value is -0.880. The first kappa shape index (κ1) is 13.5. The molecule has 2 aromatic rings. The Morgan fingerprint density at radius 1 is 1.33 bits per heavy atom. The Kier molecular flexibility index (Phi) is 4.40. The summed E-state index contributed by atoms with van der Waals surface area (Å²) in [7, 11) is 0. The van der Waals surface area contributed by atoms with Gasteiger partial charge < -0.3 is 5.11 Å². The van der Waals surface area contributed by atoms with Gasteiger partial charge in [0.15, 0.2) is 4.77 Å². The number of hydrogen-bond acceptors (Lipinski definition) is 3. The van der Waals surface area contributed by atoms with E-state index in [2.05, 4.69) is 10.2 Å². The number of aromatic nitrogens is 3. The Labute approximate surface area is 119 Å². The third-order valence-corrected chi connectivity index (χ3v) is 3.47. The predicted octanol–water partition coefficient (Wildman–Crippen LogP) is 3.16. The second kappa shape index (κ2) is 5.84. The summed E-state index contributed by atoms with van der Waals surface area (Å²) in [6.07, 6.45) is 1.25. The molecule has 0 fully saturated rings. The van der Waals surface area contributed by atoms with E-state index in [1.807, 2.05) is 6.07 Å². The number of aryl methyl sites for hydroxylation is 1. The maximum atomic E-state index is 8.86. The molecule has 0 saturated carbocycles. The highest BCUT2D eigenvalue weighted by Gasteiger charge is 2.09. The first-order chi connectivity index (χ1) is 8.63. The van der Waals surface area contributed by atoms with Gasteiger partial charge in [0.1, 0.15) is 5.82 Å². The number of aliphatic hydroxyl groups excluding tert-OH is 1. The van der Waals surface area contributed by atoms with Crippen LogP contribution < -0.4 is 0 Å². The molecule has 0 saturated heterocycles. The summed E-state index contributed by atoms with van der Waals surface area (Å²) in [6, 6.07) is 5.27. The van der Waals surface area contributed by atoms with Crippen molar-refractivity contribution in [2.24, 2.45) is 0 Å². The number of rotatable bonds is 4. The van der Waals surface area contributed by atoms with Gasteiger partial charge in [-0.25, -0.2) is 0 Å². The van der Waals surface area contributed by atoms with Crippen molar-refractivity contribution in [2.75, 3.05) is 6.61 Å². The molecule has 2 N–H and O–H groups in total. The molecule has 96 valence electrons. The maximum absolute atomic E-state index is 8.86. The lowest BCUT2D eigenvalue weighted by Gasteiger charge is -2.07. The lowest BCUT2D eigenvalue weighted by molar-refractivity contribution is 0.287.